The molecular weight excluding hydrogens is 182 g/mol. The minimum absolute atomic E-state index is 0.796. The zero-order chi connectivity index (χ0) is 11.8. The second-order valence-electron chi connectivity index (χ2n) is 2.96. The van der Waals surface area contributed by atoms with E-state index >= 15 is 0 Å². The third kappa shape index (κ3) is 2.98. The minimum Gasteiger partial charge on any atom is -0.401 e. The van der Waals surface area contributed by atoms with E-state index in [1.165, 1.54) is 5.57 Å². The van der Waals surface area contributed by atoms with Crippen LogP contribution in [0.1, 0.15) is 27.2 Å². The highest BCUT2D eigenvalue weighted by Crippen LogP contribution is 2.31. The molecule has 82 valence electrons. The molecule has 0 unspecified atom stereocenters. The zero-order valence-corrected chi connectivity index (χ0v) is 10.0. The molecule has 0 saturated carbocycles. The van der Waals surface area contributed by atoms with Crippen LogP contribution in [0.3, 0.4) is 0 Å². The van der Waals surface area contributed by atoms with Crippen molar-refractivity contribution in [1.29, 1.82) is 0 Å². The summed E-state index contributed by atoms with van der Waals surface area (Å²) in [5.41, 5.74) is 10.2. The van der Waals surface area contributed by atoms with Gasteiger partial charge in [-0.05, 0) is 18.1 Å². The summed E-state index contributed by atoms with van der Waals surface area (Å²) in [5.74, 6) is 0. The normalized spacial score (nSPS) is 15.4. The fraction of sp³-hybridized carbons (Fsp3) is 0.286. The first-order chi connectivity index (χ1) is 7.24. The van der Waals surface area contributed by atoms with Crippen molar-refractivity contribution in [2.75, 3.05) is 0 Å². The number of rotatable bonds is 3. The van der Waals surface area contributed by atoms with Gasteiger partial charge >= 0.3 is 0 Å². The number of allylic oxidation sites excluding steroid dienone is 7. The van der Waals surface area contributed by atoms with E-state index in [-0.39, 0.29) is 0 Å². The van der Waals surface area contributed by atoms with Gasteiger partial charge in [0.1, 0.15) is 0 Å². The lowest BCUT2D eigenvalue weighted by molar-refractivity contribution is 1.15. The summed E-state index contributed by atoms with van der Waals surface area (Å²) in [6, 6.07) is 0. The summed E-state index contributed by atoms with van der Waals surface area (Å²) in [4.78, 5) is 0. The molecule has 0 aromatic carbocycles. The molecule has 15 heavy (non-hydrogen) atoms. The lowest BCUT2D eigenvalue weighted by Crippen LogP contribution is -1.96. The number of nitrogens with two attached hydrogens (primary N) is 1. The molecule has 0 spiro atoms. The van der Waals surface area contributed by atoms with E-state index in [0.29, 0.717) is 0 Å². The summed E-state index contributed by atoms with van der Waals surface area (Å²) in [6.07, 6.45) is 8.48. The van der Waals surface area contributed by atoms with Crippen molar-refractivity contribution in [3.63, 3.8) is 0 Å². The third-order valence-electron chi connectivity index (χ3n) is 2.15. The molecule has 0 atom stereocenters. The van der Waals surface area contributed by atoms with Crippen LogP contribution in [-0.4, -0.2) is 0 Å². The maximum atomic E-state index is 5.89. The number of hydrogen-bond donors (Lipinski definition) is 1. The first kappa shape index (κ1) is 13.5. The highest BCUT2D eigenvalue weighted by Gasteiger charge is 2.16. The Hall–Kier alpha value is -1.50. The predicted molar refractivity (Wildman–Crippen MR) is 69.4 cm³/mol. The van der Waals surface area contributed by atoms with Gasteiger partial charge in [0, 0.05) is 17.7 Å². The van der Waals surface area contributed by atoms with E-state index in [2.05, 4.69) is 13.2 Å². The Morgan fingerprint density at radius 3 is 2.13 bits per heavy atom. The Morgan fingerprint density at radius 2 is 1.73 bits per heavy atom. The smallest absolute Gasteiger partial charge is 0.0205 e. The Balaban J connectivity index is 0.000000921. The second kappa shape index (κ2) is 6.88. The van der Waals surface area contributed by atoms with Crippen LogP contribution in [0.15, 0.2) is 59.9 Å². The Kier molecular flexibility index (Phi) is 6.19. The van der Waals surface area contributed by atoms with Crippen LogP contribution in [0.25, 0.3) is 0 Å². The lowest BCUT2D eigenvalue weighted by Gasteiger charge is -1.99. The Bertz CT molecular complexity index is 327. The topological polar surface area (TPSA) is 26.0 Å². The molecule has 0 aromatic rings. The van der Waals surface area contributed by atoms with Crippen LogP contribution >= 0.6 is 0 Å². The average Bonchev–Trinajstić information content (AvgIpc) is 2.58. The first-order valence-electron chi connectivity index (χ1n) is 5.34. The van der Waals surface area contributed by atoms with Crippen LogP contribution in [0.4, 0.5) is 0 Å². The quantitative estimate of drug-likeness (QED) is 0.740. The second-order valence-corrected chi connectivity index (χ2v) is 2.96. The Morgan fingerprint density at radius 1 is 1.13 bits per heavy atom. The van der Waals surface area contributed by atoms with Crippen LogP contribution in [0, 0.1) is 0 Å². The van der Waals surface area contributed by atoms with Gasteiger partial charge in [-0.15, -0.1) is 0 Å². The summed E-state index contributed by atoms with van der Waals surface area (Å²) < 4.78 is 0. The first-order valence-corrected chi connectivity index (χ1v) is 5.34. The molecule has 1 heteroatoms. The summed E-state index contributed by atoms with van der Waals surface area (Å²) >= 11 is 0. The molecule has 0 aliphatic heterocycles. The van der Waals surface area contributed by atoms with Crippen LogP contribution < -0.4 is 5.73 Å². The predicted octanol–water partition coefficient (Wildman–Crippen LogP) is 3.87. The van der Waals surface area contributed by atoms with Gasteiger partial charge < -0.3 is 5.73 Å². The van der Waals surface area contributed by atoms with E-state index in [1.54, 1.807) is 0 Å². The summed E-state index contributed by atoms with van der Waals surface area (Å²) in [5, 5.41) is 0. The molecule has 1 nitrogen and oxygen atoms in total. The van der Waals surface area contributed by atoms with Crippen molar-refractivity contribution < 1.29 is 0 Å². The maximum Gasteiger partial charge on any atom is 0.0205 e. The molecular formula is C14H21N. The van der Waals surface area contributed by atoms with Gasteiger partial charge in [0.15, 0.2) is 0 Å². The van der Waals surface area contributed by atoms with Crippen LogP contribution in [0.5, 0.6) is 0 Å². The summed E-state index contributed by atoms with van der Waals surface area (Å²) in [7, 11) is 0. The van der Waals surface area contributed by atoms with Gasteiger partial charge in [0.25, 0.3) is 0 Å². The Labute approximate surface area is 93.4 Å². The standard InChI is InChI=1S/C12H15N.C2H6/c1-4-7-11-10(6-3)9(5-2)8-12(11)13;1-2/h4-7H,2-3,8,13H2,1H3;1-2H3/b7-4-;. The van der Waals surface area contributed by atoms with Crippen molar-refractivity contribution in [3.8, 4) is 0 Å². The van der Waals surface area contributed by atoms with Crippen molar-refractivity contribution >= 4 is 0 Å². The van der Waals surface area contributed by atoms with Gasteiger partial charge in [0.05, 0.1) is 0 Å². The molecule has 1 aliphatic rings. The van der Waals surface area contributed by atoms with Crippen LogP contribution in [-0.2, 0) is 0 Å². The van der Waals surface area contributed by atoms with Gasteiger partial charge in [0.2, 0.25) is 0 Å². The lowest BCUT2D eigenvalue weighted by atomic mass is 10.1. The molecule has 1 aliphatic carbocycles. The molecule has 0 radical (unpaired) electrons. The minimum atomic E-state index is 0.796. The van der Waals surface area contributed by atoms with E-state index in [4.69, 9.17) is 5.73 Å². The van der Waals surface area contributed by atoms with Crippen molar-refractivity contribution in [1.82, 2.24) is 0 Å². The largest absolute Gasteiger partial charge is 0.401 e. The molecule has 0 bridgehead atoms. The van der Waals surface area contributed by atoms with E-state index < -0.39 is 0 Å². The zero-order valence-electron chi connectivity index (χ0n) is 10.0. The van der Waals surface area contributed by atoms with E-state index in [9.17, 15) is 0 Å². The van der Waals surface area contributed by atoms with Crippen molar-refractivity contribution in [2.24, 2.45) is 5.73 Å². The molecule has 2 N–H and O–H groups in total. The van der Waals surface area contributed by atoms with Gasteiger partial charge in [-0.25, -0.2) is 0 Å². The maximum absolute atomic E-state index is 5.89. The average molecular weight is 203 g/mol. The molecule has 0 heterocycles. The molecule has 0 fully saturated rings. The fourth-order valence-corrected chi connectivity index (χ4v) is 1.53. The van der Waals surface area contributed by atoms with Gasteiger partial charge in [-0.2, -0.15) is 0 Å². The molecule has 0 amide bonds. The fourth-order valence-electron chi connectivity index (χ4n) is 1.53. The van der Waals surface area contributed by atoms with E-state index in [0.717, 1.165) is 23.3 Å². The van der Waals surface area contributed by atoms with Gasteiger partial charge in [-0.1, -0.05) is 51.3 Å². The monoisotopic (exact) mass is 203 g/mol. The van der Waals surface area contributed by atoms with Crippen molar-refractivity contribution in [3.05, 3.63) is 59.9 Å². The third-order valence-corrected chi connectivity index (χ3v) is 2.15. The van der Waals surface area contributed by atoms with Gasteiger partial charge in [-0.3, -0.25) is 0 Å². The number of hydrogen-bond acceptors (Lipinski definition) is 1. The highest BCUT2D eigenvalue weighted by atomic mass is 14.6. The van der Waals surface area contributed by atoms with Crippen LogP contribution in [0.2, 0.25) is 0 Å². The van der Waals surface area contributed by atoms with E-state index in [1.807, 2.05) is 45.1 Å². The summed E-state index contributed by atoms with van der Waals surface area (Å²) in [6.45, 7) is 13.5. The molecule has 0 saturated heterocycles. The molecule has 1 rings (SSSR count). The van der Waals surface area contributed by atoms with Crippen molar-refractivity contribution in [2.45, 2.75) is 27.2 Å². The molecule has 0 aromatic heterocycles. The highest BCUT2D eigenvalue weighted by molar-refractivity contribution is 5.58. The SMILES string of the molecule is C=CC1=C(C=C)C(/C=C\C)=C(N)C1.CC.